The maximum atomic E-state index is 12.2. The Morgan fingerprint density at radius 1 is 1.45 bits per heavy atom. The van der Waals surface area contributed by atoms with Crippen molar-refractivity contribution in [3.8, 4) is 11.8 Å². The molecule has 1 amide bonds. The summed E-state index contributed by atoms with van der Waals surface area (Å²) in [4.78, 5) is 12.2. The molecule has 0 bridgehead atoms. The van der Waals surface area contributed by atoms with Gasteiger partial charge >= 0.3 is 0 Å². The van der Waals surface area contributed by atoms with E-state index in [9.17, 15) is 4.79 Å². The van der Waals surface area contributed by atoms with Gasteiger partial charge in [-0.1, -0.05) is 35.6 Å². The molecule has 0 aliphatic carbocycles. The summed E-state index contributed by atoms with van der Waals surface area (Å²) >= 11 is 5.86. The first-order valence-corrected chi connectivity index (χ1v) is 6.31. The van der Waals surface area contributed by atoms with Crippen molar-refractivity contribution in [2.75, 3.05) is 11.9 Å². The third kappa shape index (κ3) is 3.21. The van der Waals surface area contributed by atoms with E-state index in [-0.39, 0.29) is 12.5 Å². The van der Waals surface area contributed by atoms with Crippen LogP contribution in [-0.4, -0.2) is 22.2 Å². The van der Waals surface area contributed by atoms with Crippen LogP contribution in [0.1, 0.15) is 16.1 Å². The normalized spacial score (nSPS) is 9.75. The lowest BCUT2D eigenvalue weighted by atomic mass is 10.2. The average molecular weight is 289 g/mol. The first kappa shape index (κ1) is 14.2. The van der Waals surface area contributed by atoms with E-state index in [4.69, 9.17) is 16.7 Å². The number of aromatic nitrogens is 1. The third-order valence-corrected chi connectivity index (χ3v) is 2.89. The zero-order chi connectivity index (χ0) is 14.5. The molecular weight excluding hydrogens is 276 g/mol. The second-order valence-electron chi connectivity index (χ2n) is 4.11. The number of hydrogen-bond acceptors (Lipinski definition) is 2. The minimum absolute atomic E-state index is 0.226. The van der Waals surface area contributed by atoms with E-state index in [0.29, 0.717) is 22.0 Å². The summed E-state index contributed by atoms with van der Waals surface area (Å²) in [6, 6.07) is 8.74. The van der Waals surface area contributed by atoms with Crippen molar-refractivity contribution >= 4 is 23.2 Å². The second kappa shape index (κ2) is 6.29. The number of halogens is 1. The van der Waals surface area contributed by atoms with Crippen molar-refractivity contribution in [3.63, 3.8) is 0 Å². The lowest BCUT2D eigenvalue weighted by Crippen LogP contribution is -2.16. The fraction of sp³-hybridized carbons (Fsp3) is 0.133. The molecule has 2 aromatic rings. The predicted octanol–water partition coefficient (Wildman–Crippen LogP) is 2.27. The number of anilines is 1. The summed E-state index contributed by atoms with van der Waals surface area (Å²) in [5, 5.41) is 12.0. The number of amides is 1. The molecule has 0 fully saturated rings. The van der Waals surface area contributed by atoms with Gasteiger partial charge in [-0.2, -0.15) is 0 Å². The van der Waals surface area contributed by atoms with Crippen LogP contribution in [0.5, 0.6) is 0 Å². The van der Waals surface area contributed by atoms with Gasteiger partial charge in [-0.25, -0.2) is 0 Å². The highest BCUT2D eigenvalue weighted by Gasteiger charge is 2.12. The van der Waals surface area contributed by atoms with Gasteiger partial charge in [0.25, 0.3) is 5.91 Å². The molecule has 1 heterocycles. The van der Waals surface area contributed by atoms with Crippen molar-refractivity contribution in [2.45, 2.75) is 0 Å². The van der Waals surface area contributed by atoms with Gasteiger partial charge in [0, 0.05) is 18.8 Å². The van der Waals surface area contributed by atoms with Gasteiger partial charge in [0.05, 0.1) is 10.7 Å². The van der Waals surface area contributed by atoms with Crippen LogP contribution >= 0.6 is 11.6 Å². The summed E-state index contributed by atoms with van der Waals surface area (Å²) in [6.07, 6.45) is 1.66. The Bertz CT molecular complexity index is 695. The summed E-state index contributed by atoms with van der Waals surface area (Å²) in [6.45, 7) is -0.226. The molecule has 1 aromatic carbocycles. The number of nitrogens with zero attached hydrogens (tertiary/aromatic N) is 1. The summed E-state index contributed by atoms with van der Waals surface area (Å²) in [7, 11) is 1.75. The molecule has 1 aromatic heterocycles. The van der Waals surface area contributed by atoms with Crippen molar-refractivity contribution in [2.24, 2.45) is 7.05 Å². The summed E-state index contributed by atoms with van der Waals surface area (Å²) < 4.78 is 1.65. The van der Waals surface area contributed by atoms with Crippen LogP contribution < -0.4 is 5.32 Å². The van der Waals surface area contributed by atoms with Crippen LogP contribution in [0.15, 0.2) is 36.5 Å². The molecule has 20 heavy (non-hydrogen) atoms. The first-order valence-electron chi connectivity index (χ1n) is 5.94. The van der Waals surface area contributed by atoms with E-state index < -0.39 is 0 Å². The number of carbonyl (C=O) groups is 1. The van der Waals surface area contributed by atoms with Gasteiger partial charge < -0.3 is 15.0 Å². The molecule has 0 saturated heterocycles. The van der Waals surface area contributed by atoms with Gasteiger partial charge in [-0.15, -0.1) is 0 Å². The largest absolute Gasteiger partial charge is 0.384 e. The van der Waals surface area contributed by atoms with Crippen LogP contribution in [-0.2, 0) is 7.05 Å². The SMILES string of the molecule is Cn1cc(Cl)cc1C(=O)Nc1ccccc1C#CCO. The van der Waals surface area contributed by atoms with Gasteiger partial charge in [0.2, 0.25) is 0 Å². The number of hydrogen-bond donors (Lipinski definition) is 2. The molecule has 0 spiro atoms. The first-order chi connectivity index (χ1) is 9.61. The second-order valence-corrected chi connectivity index (χ2v) is 4.55. The Hall–Kier alpha value is -2.22. The molecule has 5 heteroatoms. The number of rotatable bonds is 2. The molecule has 2 N–H and O–H groups in total. The third-order valence-electron chi connectivity index (χ3n) is 2.68. The fourth-order valence-electron chi connectivity index (χ4n) is 1.77. The quantitative estimate of drug-likeness (QED) is 0.833. The molecular formula is C15H13ClN2O2. The van der Waals surface area contributed by atoms with E-state index in [0.717, 1.165) is 0 Å². The molecule has 0 saturated carbocycles. The van der Waals surface area contributed by atoms with Gasteiger partial charge in [-0.3, -0.25) is 4.79 Å². The lowest BCUT2D eigenvalue weighted by Gasteiger charge is -2.07. The van der Waals surface area contributed by atoms with Gasteiger partial charge in [0.1, 0.15) is 12.3 Å². The van der Waals surface area contributed by atoms with E-state index in [1.54, 1.807) is 42.1 Å². The standard InChI is InChI=1S/C15H13ClN2O2/c1-18-10-12(16)9-14(18)15(20)17-13-7-3-2-5-11(13)6-4-8-19/h2-3,5,7,9-10,19H,8H2,1H3,(H,17,20). The highest BCUT2D eigenvalue weighted by Crippen LogP contribution is 2.17. The zero-order valence-electron chi connectivity index (χ0n) is 10.9. The lowest BCUT2D eigenvalue weighted by molar-refractivity contribution is 0.101. The molecule has 2 rings (SSSR count). The zero-order valence-corrected chi connectivity index (χ0v) is 11.6. The Morgan fingerprint density at radius 3 is 2.85 bits per heavy atom. The number of benzene rings is 1. The van der Waals surface area contributed by atoms with Crippen LogP contribution in [0.25, 0.3) is 0 Å². The highest BCUT2D eigenvalue weighted by molar-refractivity contribution is 6.31. The maximum absolute atomic E-state index is 12.2. The van der Waals surface area contributed by atoms with Gasteiger partial charge in [0.15, 0.2) is 0 Å². The van der Waals surface area contributed by atoms with E-state index >= 15 is 0 Å². The van der Waals surface area contributed by atoms with Crippen molar-refractivity contribution in [1.82, 2.24) is 4.57 Å². The molecule has 4 nitrogen and oxygen atoms in total. The number of carbonyl (C=O) groups excluding carboxylic acids is 1. The minimum atomic E-state index is -0.266. The fourth-order valence-corrected chi connectivity index (χ4v) is 2.02. The molecule has 0 unspecified atom stereocenters. The molecule has 102 valence electrons. The summed E-state index contributed by atoms with van der Waals surface area (Å²) in [5.74, 6) is 5.09. The van der Waals surface area contributed by atoms with Crippen LogP contribution in [0.3, 0.4) is 0 Å². The smallest absolute Gasteiger partial charge is 0.272 e. The van der Waals surface area contributed by atoms with Crippen LogP contribution in [0.4, 0.5) is 5.69 Å². The highest BCUT2D eigenvalue weighted by atomic mass is 35.5. The van der Waals surface area contributed by atoms with E-state index in [1.807, 2.05) is 6.07 Å². The predicted molar refractivity (Wildman–Crippen MR) is 78.8 cm³/mol. The molecule has 0 atom stereocenters. The Morgan fingerprint density at radius 2 is 2.20 bits per heavy atom. The molecule has 0 aliphatic heterocycles. The van der Waals surface area contributed by atoms with Gasteiger partial charge in [-0.05, 0) is 18.2 Å². The van der Waals surface area contributed by atoms with E-state index in [2.05, 4.69) is 17.2 Å². The van der Waals surface area contributed by atoms with E-state index in [1.165, 1.54) is 0 Å². The topological polar surface area (TPSA) is 54.3 Å². The number of para-hydroxylation sites is 1. The number of aliphatic hydroxyl groups excluding tert-OH is 1. The Kier molecular flexibility index (Phi) is 4.46. The molecule has 0 radical (unpaired) electrons. The van der Waals surface area contributed by atoms with Crippen LogP contribution in [0, 0.1) is 11.8 Å². The van der Waals surface area contributed by atoms with Crippen molar-refractivity contribution < 1.29 is 9.90 Å². The Balaban J connectivity index is 2.26. The van der Waals surface area contributed by atoms with Crippen molar-refractivity contribution in [3.05, 3.63) is 52.8 Å². The molecule has 0 aliphatic rings. The number of aliphatic hydroxyl groups is 1. The number of nitrogens with one attached hydrogen (secondary N) is 1. The average Bonchev–Trinajstić information content (AvgIpc) is 2.77. The minimum Gasteiger partial charge on any atom is -0.384 e. The Labute approximate surface area is 122 Å². The monoisotopic (exact) mass is 288 g/mol. The van der Waals surface area contributed by atoms with Crippen LogP contribution in [0.2, 0.25) is 5.02 Å². The number of aryl methyl sites for hydroxylation is 1. The maximum Gasteiger partial charge on any atom is 0.272 e. The van der Waals surface area contributed by atoms with Crippen molar-refractivity contribution in [1.29, 1.82) is 0 Å². The summed E-state index contributed by atoms with van der Waals surface area (Å²) in [5.41, 5.74) is 1.70.